The molecule has 1 aliphatic rings. The first kappa shape index (κ1) is 9.96. The van der Waals surface area contributed by atoms with Gasteiger partial charge in [0.2, 0.25) is 0 Å². The standard InChI is InChI=1S/C9H17NO2/c1-12-7-3-6-10-5-2-4-9(10)8-11/h1,9,11H,2-8H2/t9-/m0/s1. The molecule has 0 bridgehead atoms. The molecule has 70 valence electrons. The predicted molar refractivity (Wildman–Crippen MR) is 46.5 cm³/mol. The van der Waals surface area contributed by atoms with Crippen molar-refractivity contribution in [3.8, 4) is 0 Å². The van der Waals surface area contributed by atoms with E-state index in [1.54, 1.807) is 0 Å². The van der Waals surface area contributed by atoms with Crippen LogP contribution in [0.3, 0.4) is 0 Å². The van der Waals surface area contributed by atoms with Gasteiger partial charge in [0, 0.05) is 19.2 Å². The fraction of sp³-hybridized carbons (Fsp3) is 0.889. The second-order valence-electron chi connectivity index (χ2n) is 3.24. The number of hydrogen-bond donors (Lipinski definition) is 1. The molecule has 12 heavy (non-hydrogen) atoms. The molecule has 0 aliphatic carbocycles. The van der Waals surface area contributed by atoms with Crippen molar-refractivity contribution in [2.24, 2.45) is 0 Å². The van der Waals surface area contributed by atoms with E-state index in [0.29, 0.717) is 12.6 Å². The van der Waals surface area contributed by atoms with E-state index in [0.717, 1.165) is 25.9 Å². The van der Waals surface area contributed by atoms with Crippen LogP contribution in [0, 0.1) is 7.11 Å². The van der Waals surface area contributed by atoms with Gasteiger partial charge in [-0.1, -0.05) is 0 Å². The van der Waals surface area contributed by atoms with E-state index in [1.165, 1.54) is 6.42 Å². The molecule has 0 saturated carbocycles. The van der Waals surface area contributed by atoms with Gasteiger partial charge in [0.1, 0.15) is 7.11 Å². The van der Waals surface area contributed by atoms with Gasteiger partial charge >= 0.3 is 0 Å². The summed E-state index contributed by atoms with van der Waals surface area (Å²) in [7, 11) is 4.91. The van der Waals surface area contributed by atoms with Crippen molar-refractivity contribution in [1.29, 1.82) is 0 Å². The van der Waals surface area contributed by atoms with Gasteiger partial charge in [-0.15, -0.1) is 0 Å². The van der Waals surface area contributed by atoms with Gasteiger partial charge in [-0.25, -0.2) is 0 Å². The van der Waals surface area contributed by atoms with Crippen LogP contribution in [0.15, 0.2) is 0 Å². The van der Waals surface area contributed by atoms with Crippen molar-refractivity contribution in [2.45, 2.75) is 25.3 Å². The van der Waals surface area contributed by atoms with E-state index in [2.05, 4.69) is 9.64 Å². The first-order valence-corrected chi connectivity index (χ1v) is 4.55. The molecule has 1 atom stereocenters. The van der Waals surface area contributed by atoms with E-state index in [9.17, 15) is 0 Å². The minimum atomic E-state index is 0.281. The summed E-state index contributed by atoms with van der Waals surface area (Å²) in [5.41, 5.74) is 0. The Kier molecular flexibility index (Phi) is 4.58. The number of aliphatic hydroxyl groups excluding tert-OH is 1. The Morgan fingerprint density at radius 1 is 1.58 bits per heavy atom. The molecule has 1 heterocycles. The van der Waals surface area contributed by atoms with Crippen LogP contribution in [-0.2, 0) is 4.74 Å². The minimum Gasteiger partial charge on any atom is -0.395 e. The first-order chi connectivity index (χ1) is 5.88. The Bertz CT molecular complexity index is 119. The van der Waals surface area contributed by atoms with Crippen LogP contribution in [0.2, 0.25) is 0 Å². The number of hydrogen-bond acceptors (Lipinski definition) is 3. The van der Waals surface area contributed by atoms with E-state index >= 15 is 0 Å². The van der Waals surface area contributed by atoms with Crippen molar-refractivity contribution in [3.63, 3.8) is 0 Å². The average Bonchev–Trinajstić information content (AvgIpc) is 2.52. The van der Waals surface area contributed by atoms with Crippen molar-refractivity contribution in [2.75, 3.05) is 26.3 Å². The summed E-state index contributed by atoms with van der Waals surface area (Å²) in [5, 5.41) is 9.00. The van der Waals surface area contributed by atoms with E-state index in [4.69, 9.17) is 12.2 Å². The van der Waals surface area contributed by atoms with Crippen LogP contribution in [0.25, 0.3) is 0 Å². The van der Waals surface area contributed by atoms with Crippen LogP contribution in [0.1, 0.15) is 19.3 Å². The molecular weight excluding hydrogens is 154 g/mol. The SMILES string of the molecule is [CH]OCCCN1CCC[C@H]1CO. The first-order valence-electron chi connectivity index (χ1n) is 4.55. The number of ether oxygens (including phenoxy) is 1. The van der Waals surface area contributed by atoms with Gasteiger partial charge < -0.3 is 9.84 Å². The summed E-state index contributed by atoms with van der Waals surface area (Å²) in [4.78, 5) is 2.30. The summed E-state index contributed by atoms with van der Waals surface area (Å²) in [6.07, 6.45) is 3.28. The maximum atomic E-state index is 9.00. The van der Waals surface area contributed by atoms with Crippen LogP contribution >= 0.6 is 0 Å². The van der Waals surface area contributed by atoms with E-state index < -0.39 is 0 Å². The highest BCUT2D eigenvalue weighted by atomic mass is 16.5. The lowest BCUT2D eigenvalue weighted by Crippen LogP contribution is -2.33. The molecule has 2 radical (unpaired) electrons. The molecule has 0 aromatic heterocycles. The van der Waals surface area contributed by atoms with Crippen molar-refractivity contribution in [1.82, 2.24) is 4.90 Å². The number of likely N-dealkylation sites (tertiary alicyclic amines) is 1. The lowest BCUT2D eigenvalue weighted by molar-refractivity contribution is 0.144. The number of rotatable bonds is 5. The molecule has 1 rings (SSSR count). The fourth-order valence-corrected chi connectivity index (χ4v) is 1.75. The van der Waals surface area contributed by atoms with Gasteiger partial charge in [0.25, 0.3) is 0 Å². The second kappa shape index (κ2) is 5.51. The monoisotopic (exact) mass is 171 g/mol. The van der Waals surface area contributed by atoms with Crippen LogP contribution < -0.4 is 0 Å². The maximum absolute atomic E-state index is 9.00. The Hall–Kier alpha value is -0.120. The summed E-state index contributed by atoms with van der Waals surface area (Å²) >= 11 is 0. The predicted octanol–water partition coefficient (Wildman–Crippen LogP) is 0.518. The molecule has 0 aromatic carbocycles. The maximum Gasteiger partial charge on any atom is 0.115 e. The molecule has 1 saturated heterocycles. The van der Waals surface area contributed by atoms with Gasteiger partial charge in [-0.05, 0) is 25.8 Å². The summed E-state index contributed by atoms with van der Waals surface area (Å²) in [5.74, 6) is 0. The van der Waals surface area contributed by atoms with Crippen molar-refractivity contribution >= 4 is 0 Å². The zero-order valence-electron chi connectivity index (χ0n) is 7.41. The van der Waals surface area contributed by atoms with E-state index in [1.807, 2.05) is 0 Å². The minimum absolute atomic E-state index is 0.281. The Morgan fingerprint density at radius 3 is 3.08 bits per heavy atom. The van der Waals surface area contributed by atoms with Crippen LogP contribution in [-0.4, -0.2) is 42.4 Å². The summed E-state index contributed by atoms with van der Waals surface area (Å²) < 4.78 is 4.48. The molecule has 1 aliphatic heterocycles. The van der Waals surface area contributed by atoms with Gasteiger partial charge in [0.15, 0.2) is 0 Å². The third-order valence-electron chi connectivity index (χ3n) is 2.42. The smallest absolute Gasteiger partial charge is 0.115 e. The van der Waals surface area contributed by atoms with Crippen LogP contribution in [0.5, 0.6) is 0 Å². The molecule has 1 fully saturated rings. The lowest BCUT2D eigenvalue weighted by atomic mass is 10.2. The van der Waals surface area contributed by atoms with Gasteiger partial charge in [-0.3, -0.25) is 4.90 Å². The second-order valence-corrected chi connectivity index (χ2v) is 3.24. The Morgan fingerprint density at radius 2 is 2.42 bits per heavy atom. The lowest BCUT2D eigenvalue weighted by Gasteiger charge is -2.21. The third-order valence-corrected chi connectivity index (χ3v) is 2.42. The quantitative estimate of drug-likeness (QED) is 0.612. The average molecular weight is 171 g/mol. The highest BCUT2D eigenvalue weighted by Gasteiger charge is 2.22. The zero-order chi connectivity index (χ0) is 8.81. The van der Waals surface area contributed by atoms with Gasteiger partial charge in [0.05, 0.1) is 6.61 Å². The normalized spacial score (nSPS) is 25.0. The molecule has 3 heteroatoms. The molecule has 0 unspecified atom stereocenters. The molecule has 0 spiro atoms. The van der Waals surface area contributed by atoms with Crippen molar-refractivity contribution < 1.29 is 9.84 Å². The van der Waals surface area contributed by atoms with E-state index in [-0.39, 0.29) is 6.61 Å². The number of nitrogens with zero attached hydrogens (tertiary/aromatic N) is 1. The largest absolute Gasteiger partial charge is 0.395 e. The van der Waals surface area contributed by atoms with Crippen molar-refractivity contribution in [3.05, 3.63) is 7.11 Å². The summed E-state index contributed by atoms with van der Waals surface area (Å²) in [6.45, 7) is 2.98. The highest BCUT2D eigenvalue weighted by molar-refractivity contribution is 4.77. The zero-order valence-corrected chi connectivity index (χ0v) is 7.41. The highest BCUT2D eigenvalue weighted by Crippen LogP contribution is 2.16. The fourth-order valence-electron chi connectivity index (χ4n) is 1.75. The Labute approximate surface area is 74.3 Å². The topological polar surface area (TPSA) is 32.7 Å². The van der Waals surface area contributed by atoms with Gasteiger partial charge in [-0.2, -0.15) is 0 Å². The number of aliphatic hydroxyl groups is 1. The third kappa shape index (κ3) is 2.73. The van der Waals surface area contributed by atoms with Crippen LogP contribution in [0.4, 0.5) is 0 Å². The molecule has 0 aromatic rings. The molecule has 1 N–H and O–H groups in total. The summed E-state index contributed by atoms with van der Waals surface area (Å²) in [6, 6.07) is 0.378. The molecular formula is C9H17NO2. The molecule has 3 nitrogen and oxygen atoms in total. The Balaban J connectivity index is 2.12. The molecule has 0 amide bonds.